The highest BCUT2D eigenvalue weighted by Crippen LogP contribution is 2.11. The lowest BCUT2D eigenvalue weighted by Crippen LogP contribution is -1.95. The molecule has 1 rings (SSSR count). The summed E-state index contributed by atoms with van der Waals surface area (Å²) >= 11 is 4.16. The summed E-state index contributed by atoms with van der Waals surface area (Å²) in [6.45, 7) is 0. The molecule has 2 atom stereocenters. The van der Waals surface area contributed by atoms with Crippen molar-refractivity contribution in [2.45, 2.75) is 11.7 Å². The number of thiol groups is 1. The smallest absolute Gasteiger partial charge is 0.0351 e. The molecule has 0 N–H and O–H groups in total. The molecule has 42 valence electrons. The zero-order chi connectivity index (χ0) is 5.28. The van der Waals surface area contributed by atoms with Gasteiger partial charge in [-0.2, -0.15) is 12.6 Å². The minimum Gasteiger partial charge on any atom is -0.260 e. The van der Waals surface area contributed by atoms with Crippen molar-refractivity contribution in [3.8, 4) is 0 Å². The van der Waals surface area contributed by atoms with Gasteiger partial charge in [-0.3, -0.25) is 4.21 Å². The molecule has 0 aromatic carbocycles. The van der Waals surface area contributed by atoms with Crippen molar-refractivity contribution in [1.29, 1.82) is 0 Å². The summed E-state index contributed by atoms with van der Waals surface area (Å²) in [6.07, 6.45) is 1.04. The quantitative estimate of drug-likeness (QED) is 0.478. The van der Waals surface area contributed by atoms with Gasteiger partial charge >= 0.3 is 0 Å². The lowest BCUT2D eigenvalue weighted by molar-refractivity contribution is 0.687. The fraction of sp³-hybridized carbons (Fsp3) is 1.00. The van der Waals surface area contributed by atoms with Crippen molar-refractivity contribution in [2.24, 2.45) is 0 Å². The van der Waals surface area contributed by atoms with Gasteiger partial charge in [0.05, 0.1) is 0 Å². The van der Waals surface area contributed by atoms with Gasteiger partial charge < -0.3 is 0 Å². The first-order valence-electron chi connectivity index (χ1n) is 2.32. The van der Waals surface area contributed by atoms with Crippen molar-refractivity contribution in [1.82, 2.24) is 0 Å². The van der Waals surface area contributed by atoms with Gasteiger partial charge in [0.25, 0.3) is 0 Å². The van der Waals surface area contributed by atoms with Gasteiger partial charge in [0.15, 0.2) is 0 Å². The maximum atomic E-state index is 10.5. The van der Waals surface area contributed by atoms with Crippen LogP contribution in [-0.4, -0.2) is 21.0 Å². The highest BCUT2D eigenvalue weighted by molar-refractivity contribution is 7.88. The van der Waals surface area contributed by atoms with Crippen molar-refractivity contribution >= 4 is 23.4 Å². The predicted molar refractivity (Wildman–Crippen MR) is 35.3 cm³/mol. The molecule has 3 heteroatoms. The van der Waals surface area contributed by atoms with E-state index in [0.29, 0.717) is 5.25 Å². The van der Waals surface area contributed by atoms with Crippen LogP contribution in [0.15, 0.2) is 0 Å². The number of hydrogen-bond acceptors (Lipinski definition) is 2. The average Bonchev–Trinajstić information content (AvgIpc) is 1.87. The van der Waals surface area contributed by atoms with E-state index in [2.05, 4.69) is 12.6 Å². The largest absolute Gasteiger partial charge is 0.260 e. The van der Waals surface area contributed by atoms with Gasteiger partial charge in [-0.05, 0) is 6.42 Å². The highest BCUT2D eigenvalue weighted by atomic mass is 32.2. The topological polar surface area (TPSA) is 17.1 Å². The van der Waals surface area contributed by atoms with Crippen LogP contribution in [0, 0.1) is 0 Å². The standard InChI is InChI=1S/C4H8OS2/c5-7-2-1-4(6)3-7/h4,6H,1-3H2/t4-,7-/m0/s1. The summed E-state index contributed by atoms with van der Waals surface area (Å²) in [7, 11) is -0.529. The van der Waals surface area contributed by atoms with Gasteiger partial charge in [0, 0.05) is 27.6 Å². The Hall–Kier alpha value is 0.500. The molecule has 0 amide bonds. The van der Waals surface area contributed by atoms with E-state index in [9.17, 15) is 4.21 Å². The van der Waals surface area contributed by atoms with E-state index in [1.54, 1.807) is 0 Å². The fourth-order valence-electron chi connectivity index (χ4n) is 0.649. The van der Waals surface area contributed by atoms with Crippen molar-refractivity contribution < 1.29 is 4.21 Å². The van der Waals surface area contributed by atoms with Crippen LogP contribution in [0.1, 0.15) is 6.42 Å². The summed E-state index contributed by atoms with van der Waals surface area (Å²) in [6, 6.07) is 0. The molecule has 1 nitrogen and oxygen atoms in total. The second-order valence-corrected chi connectivity index (χ2v) is 4.10. The van der Waals surface area contributed by atoms with E-state index < -0.39 is 10.8 Å². The maximum Gasteiger partial charge on any atom is 0.0351 e. The first-order valence-corrected chi connectivity index (χ1v) is 4.32. The predicted octanol–water partition coefficient (Wildman–Crippen LogP) is 0.437. The monoisotopic (exact) mass is 136 g/mol. The second kappa shape index (κ2) is 2.18. The third-order valence-electron chi connectivity index (χ3n) is 1.06. The molecule has 1 fully saturated rings. The second-order valence-electron chi connectivity index (χ2n) is 1.75. The van der Waals surface area contributed by atoms with Crippen molar-refractivity contribution in [3.05, 3.63) is 0 Å². The van der Waals surface area contributed by atoms with E-state index in [0.717, 1.165) is 17.9 Å². The Kier molecular flexibility index (Phi) is 1.75. The molecular formula is C4H8OS2. The number of hydrogen-bond donors (Lipinski definition) is 1. The van der Waals surface area contributed by atoms with Gasteiger partial charge in [0.1, 0.15) is 0 Å². The third kappa shape index (κ3) is 1.46. The van der Waals surface area contributed by atoms with Gasteiger partial charge in [0.2, 0.25) is 0 Å². The Balaban J connectivity index is 2.40. The molecule has 0 aromatic heterocycles. The van der Waals surface area contributed by atoms with Crippen molar-refractivity contribution in [3.63, 3.8) is 0 Å². The molecule has 0 aromatic rings. The first kappa shape index (κ1) is 5.63. The van der Waals surface area contributed by atoms with E-state index in [4.69, 9.17) is 0 Å². The molecule has 1 heterocycles. The molecule has 0 bridgehead atoms. The fourth-order valence-corrected chi connectivity index (χ4v) is 2.76. The molecular weight excluding hydrogens is 128 g/mol. The summed E-state index contributed by atoms with van der Waals surface area (Å²) < 4.78 is 10.5. The van der Waals surface area contributed by atoms with Gasteiger partial charge in [-0.25, -0.2) is 0 Å². The summed E-state index contributed by atoms with van der Waals surface area (Å²) in [4.78, 5) is 0. The van der Waals surface area contributed by atoms with Crippen LogP contribution >= 0.6 is 12.6 Å². The molecule has 0 saturated carbocycles. The third-order valence-corrected chi connectivity index (χ3v) is 3.21. The van der Waals surface area contributed by atoms with E-state index in [-0.39, 0.29) is 0 Å². The molecule has 7 heavy (non-hydrogen) atoms. The SMILES string of the molecule is O=[S@]1CC[C@H](S)C1. The van der Waals surface area contributed by atoms with Crippen LogP contribution < -0.4 is 0 Å². The molecule has 1 aliphatic heterocycles. The van der Waals surface area contributed by atoms with Crippen molar-refractivity contribution in [2.75, 3.05) is 11.5 Å². The molecule has 0 spiro atoms. The minimum absolute atomic E-state index is 0.417. The van der Waals surface area contributed by atoms with Crippen LogP contribution in [0.25, 0.3) is 0 Å². The molecule has 0 unspecified atom stereocenters. The summed E-state index contributed by atoms with van der Waals surface area (Å²) in [5.41, 5.74) is 0. The Labute approximate surface area is 51.4 Å². The lowest BCUT2D eigenvalue weighted by Gasteiger charge is -1.89. The van der Waals surface area contributed by atoms with Crippen LogP contribution in [0.4, 0.5) is 0 Å². The average molecular weight is 136 g/mol. The van der Waals surface area contributed by atoms with Gasteiger partial charge in [-0.1, -0.05) is 0 Å². The van der Waals surface area contributed by atoms with E-state index in [1.807, 2.05) is 0 Å². The normalized spacial score (nSPS) is 41.9. The molecule has 0 radical (unpaired) electrons. The van der Waals surface area contributed by atoms with E-state index >= 15 is 0 Å². The van der Waals surface area contributed by atoms with Crippen LogP contribution in [0.5, 0.6) is 0 Å². The zero-order valence-corrected chi connectivity index (χ0v) is 5.67. The first-order chi connectivity index (χ1) is 3.29. The van der Waals surface area contributed by atoms with E-state index in [1.165, 1.54) is 0 Å². The van der Waals surface area contributed by atoms with Crippen LogP contribution in [-0.2, 0) is 10.8 Å². The minimum atomic E-state index is -0.529. The van der Waals surface area contributed by atoms with Crippen LogP contribution in [0.3, 0.4) is 0 Å². The highest BCUT2D eigenvalue weighted by Gasteiger charge is 2.16. The molecule has 0 aliphatic carbocycles. The van der Waals surface area contributed by atoms with Gasteiger partial charge in [-0.15, -0.1) is 0 Å². The number of rotatable bonds is 0. The maximum absolute atomic E-state index is 10.5. The Morgan fingerprint density at radius 3 is 2.57 bits per heavy atom. The molecule has 1 aliphatic rings. The Bertz CT molecular complexity index is 91.7. The zero-order valence-electron chi connectivity index (χ0n) is 3.96. The van der Waals surface area contributed by atoms with Crippen LogP contribution in [0.2, 0.25) is 0 Å². The Morgan fingerprint density at radius 2 is 2.43 bits per heavy atom. The molecule has 1 saturated heterocycles. The summed E-state index contributed by atoms with van der Waals surface area (Å²) in [5.74, 6) is 1.68. The lowest BCUT2D eigenvalue weighted by atomic mass is 10.4. The summed E-state index contributed by atoms with van der Waals surface area (Å²) in [5, 5.41) is 0.417. The Morgan fingerprint density at radius 1 is 1.71 bits per heavy atom.